The zero-order valence-corrected chi connectivity index (χ0v) is 9.65. The highest BCUT2D eigenvalue weighted by molar-refractivity contribution is 6.30. The largest absolute Gasteiger partial charge is 0.379 e. The molecule has 17 heavy (non-hydrogen) atoms. The summed E-state index contributed by atoms with van der Waals surface area (Å²) in [5.41, 5.74) is 2.90. The molecular weight excluding hydrogens is 238 g/mol. The van der Waals surface area contributed by atoms with Gasteiger partial charge in [0, 0.05) is 10.6 Å². The first-order chi connectivity index (χ1) is 8.25. The lowest BCUT2D eigenvalue weighted by molar-refractivity contribution is 0.0760. The Labute approximate surface area is 104 Å². The van der Waals surface area contributed by atoms with E-state index in [1.165, 1.54) is 0 Å². The summed E-state index contributed by atoms with van der Waals surface area (Å²) in [5, 5.41) is 0.617. The quantitative estimate of drug-likeness (QED) is 0.847. The second-order valence-corrected chi connectivity index (χ2v) is 3.79. The molecule has 0 saturated carbocycles. The van der Waals surface area contributed by atoms with Crippen molar-refractivity contribution in [3.05, 3.63) is 65.2 Å². The minimum absolute atomic E-state index is 0.291. The molecule has 1 N–H and O–H groups in total. The van der Waals surface area contributed by atoms with Crippen LogP contribution in [0.4, 0.5) is 0 Å². The summed E-state index contributed by atoms with van der Waals surface area (Å²) in [7, 11) is 0. The van der Waals surface area contributed by atoms with Crippen molar-refractivity contribution in [2.75, 3.05) is 0 Å². The molecule has 2 aromatic carbocycles. The van der Waals surface area contributed by atoms with E-state index < -0.39 is 0 Å². The Hall–Kier alpha value is -2.00. The van der Waals surface area contributed by atoms with E-state index >= 15 is 0 Å². The minimum Gasteiger partial charge on any atom is -0.379 e. The fourth-order valence-electron chi connectivity index (χ4n) is 1.26. The molecule has 0 heterocycles. The van der Waals surface area contributed by atoms with Gasteiger partial charge in [0.05, 0.1) is 0 Å². The first-order valence-corrected chi connectivity index (χ1v) is 5.41. The van der Waals surface area contributed by atoms with Crippen molar-refractivity contribution in [3.63, 3.8) is 0 Å². The van der Waals surface area contributed by atoms with E-state index in [0.717, 1.165) is 0 Å². The highest BCUT2D eigenvalue weighted by Gasteiger charge is 2.04. The number of hydrogen-bond acceptors (Lipinski definition) is 2. The van der Waals surface area contributed by atoms with Crippen LogP contribution in [0.1, 0.15) is 10.4 Å². The zero-order chi connectivity index (χ0) is 12.1. The van der Waals surface area contributed by atoms with Gasteiger partial charge in [0.1, 0.15) is 0 Å². The van der Waals surface area contributed by atoms with Crippen molar-refractivity contribution in [1.82, 2.24) is 5.48 Å². The van der Waals surface area contributed by atoms with E-state index in [2.05, 4.69) is 5.48 Å². The summed E-state index contributed by atoms with van der Waals surface area (Å²) in [4.78, 5) is 16.7. The molecule has 0 aliphatic heterocycles. The van der Waals surface area contributed by atoms with Gasteiger partial charge in [-0.3, -0.25) is 4.79 Å². The molecule has 0 aliphatic rings. The minimum atomic E-state index is -0.291. The lowest BCUT2D eigenvalue weighted by Crippen LogP contribution is -2.26. The highest BCUT2D eigenvalue weighted by Crippen LogP contribution is 2.14. The molecule has 0 radical (unpaired) electrons. The molecule has 0 spiro atoms. The number of nitrogens with one attached hydrogen (secondary N) is 1. The number of halogens is 1. The predicted molar refractivity (Wildman–Crippen MR) is 66.0 cm³/mol. The van der Waals surface area contributed by atoms with Crippen LogP contribution >= 0.6 is 11.6 Å². The van der Waals surface area contributed by atoms with Crippen molar-refractivity contribution in [2.45, 2.75) is 0 Å². The lowest BCUT2D eigenvalue weighted by atomic mass is 10.2. The van der Waals surface area contributed by atoms with Crippen LogP contribution in [0.15, 0.2) is 54.6 Å². The Morgan fingerprint density at radius 1 is 1.00 bits per heavy atom. The van der Waals surface area contributed by atoms with Gasteiger partial charge in [0.15, 0.2) is 5.75 Å². The Morgan fingerprint density at radius 2 is 1.65 bits per heavy atom. The molecule has 0 aliphatic carbocycles. The van der Waals surface area contributed by atoms with Crippen LogP contribution in [0.3, 0.4) is 0 Å². The average molecular weight is 248 g/mol. The molecule has 3 nitrogen and oxygen atoms in total. The maximum atomic E-state index is 11.6. The first-order valence-electron chi connectivity index (χ1n) is 5.03. The number of rotatable bonds is 3. The Morgan fingerprint density at radius 3 is 2.29 bits per heavy atom. The summed E-state index contributed by atoms with van der Waals surface area (Å²) >= 11 is 5.73. The van der Waals surface area contributed by atoms with E-state index in [4.69, 9.17) is 16.4 Å². The van der Waals surface area contributed by atoms with Gasteiger partial charge in [0.2, 0.25) is 0 Å². The van der Waals surface area contributed by atoms with Crippen LogP contribution < -0.4 is 10.3 Å². The second-order valence-electron chi connectivity index (χ2n) is 3.35. The molecule has 1 amide bonds. The normalized spacial score (nSPS) is 9.71. The van der Waals surface area contributed by atoms with Crippen LogP contribution in [0, 0.1) is 0 Å². The number of hydroxylamine groups is 1. The number of carbonyl (C=O) groups is 1. The van der Waals surface area contributed by atoms with Gasteiger partial charge in [-0.2, -0.15) is 5.48 Å². The number of amides is 1. The molecule has 0 fully saturated rings. The topological polar surface area (TPSA) is 38.3 Å². The Kier molecular flexibility index (Phi) is 3.62. The second kappa shape index (κ2) is 5.37. The molecule has 2 aromatic rings. The summed E-state index contributed by atoms with van der Waals surface area (Å²) < 4.78 is 0. The number of hydrogen-bond donors (Lipinski definition) is 1. The molecule has 86 valence electrons. The monoisotopic (exact) mass is 247 g/mol. The van der Waals surface area contributed by atoms with Crippen LogP contribution in [0.25, 0.3) is 0 Å². The van der Waals surface area contributed by atoms with Crippen LogP contribution in [-0.2, 0) is 0 Å². The summed E-state index contributed by atoms with van der Waals surface area (Å²) in [6.45, 7) is 0. The fraction of sp³-hybridized carbons (Fsp3) is 0. The summed E-state index contributed by atoms with van der Waals surface area (Å²) in [6, 6.07) is 15.6. The van der Waals surface area contributed by atoms with Crippen molar-refractivity contribution in [3.8, 4) is 5.75 Å². The molecule has 0 aromatic heterocycles. The maximum absolute atomic E-state index is 11.6. The van der Waals surface area contributed by atoms with Crippen molar-refractivity contribution in [1.29, 1.82) is 0 Å². The Bertz CT molecular complexity index is 497. The molecule has 4 heteroatoms. The van der Waals surface area contributed by atoms with Crippen LogP contribution in [0.5, 0.6) is 5.75 Å². The zero-order valence-electron chi connectivity index (χ0n) is 8.89. The molecular formula is C13H10ClNO2. The predicted octanol–water partition coefficient (Wildman–Crippen LogP) is 3.06. The van der Waals surface area contributed by atoms with Gasteiger partial charge < -0.3 is 4.84 Å². The van der Waals surface area contributed by atoms with E-state index in [1.807, 2.05) is 6.07 Å². The third-order valence-electron chi connectivity index (χ3n) is 2.11. The van der Waals surface area contributed by atoms with Gasteiger partial charge in [-0.05, 0) is 36.4 Å². The summed E-state index contributed by atoms with van der Waals surface area (Å²) in [5.74, 6) is 0.235. The molecule has 0 saturated heterocycles. The van der Waals surface area contributed by atoms with Crippen LogP contribution in [-0.4, -0.2) is 5.91 Å². The van der Waals surface area contributed by atoms with Gasteiger partial charge in [-0.1, -0.05) is 29.8 Å². The third-order valence-corrected chi connectivity index (χ3v) is 2.36. The summed E-state index contributed by atoms with van der Waals surface area (Å²) in [6.07, 6.45) is 0. The average Bonchev–Trinajstić information content (AvgIpc) is 2.39. The first kappa shape index (κ1) is 11.5. The molecule has 0 unspecified atom stereocenters. The van der Waals surface area contributed by atoms with E-state index in [9.17, 15) is 4.79 Å². The van der Waals surface area contributed by atoms with Gasteiger partial charge in [-0.25, -0.2) is 0 Å². The SMILES string of the molecule is O=C(NOc1ccc(Cl)cc1)c1ccccc1. The van der Waals surface area contributed by atoms with Gasteiger partial charge >= 0.3 is 0 Å². The van der Waals surface area contributed by atoms with Crippen molar-refractivity contribution < 1.29 is 9.63 Å². The van der Waals surface area contributed by atoms with Gasteiger partial charge in [0.25, 0.3) is 5.91 Å². The maximum Gasteiger partial charge on any atom is 0.283 e. The van der Waals surface area contributed by atoms with Gasteiger partial charge in [-0.15, -0.1) is 0 Å². The lowest BCUT2D eigenvalue weighted by Gasteiger charge is -2.06. The molecule has 0 atom stereocenters. The number of carbonyl (C=O) groups excluding carboxylic acids is 1. The number of benzene rings is 2. The smallest absolute Gasteiger partial charge is 0.283 e. The van der Waals surface area contributed by atoms with Crippen LogP contribution in [0.2, 0.25) is 5.02 Å². The Balaban J connectivity index is 1.95. The van der Waals surface area contributed by atoms with Crippen molar-refractivity contribution >= 4 is 17.5 Å². The van der Waals surface area contributed by atoms with E-state index in [0.29, 0.717) is 16.3 Å². The van der Waals surface area contributed by atoms with E-state index in [1.54, 1.807) is 48.5 Å². The molecule has 2 rings (SSSR count). The van der Waals surface area contributed by atoms with Crippen molar-refractivity contribution in [2.24, 2.45) is 0 Å². The molecule has 0 bridgehead atoms. The fourth-order valence-corrected chi connectivity index (χ4v) is 1.38. The third kappa shape index (κ3) is 3.23. The standard InChI is InChI=1S/C13H10ClNO2/c14-11-6-8-12(9-7-11)17-15-13(16)10-4-2-1-3-5-10/h1-9H,(H,15,16). The van der Waals surface area contributed by atoms with E-state index in [-0.39, 0.29) is 5.91 Å². The highest BCUT2D eigenvalue weighted by atomic mass is 35.5.